The standard InChI is InChI=1S/C19H12N6O/c20-7-11-1-3-15-13(5-11)6-14(9-22-15)16-10-24-19-18(25-16)12(8-23-19)2-4-17(21)26/h1-6,8-10H,(H2,21,26)(H,23,24)/b4-2+. The summed E-state index contributed by atoms with van der Waals surface area (Å²) in [6.45, 7) is 0. The molecule has 0 atom stereocenters. The highest BCUT2D eigenvalue weighted by molar-refractivity contribution is 5.94. The smallest absolute Gasteiger partial charge is 0.241 e. The van der Waals surface area contributed by atoms with Crippen molar-refractivity contribution >= 4 is 34.1 Å². The van der Waals surface area contributed by atoms with E-state index in [1.807, 2.05) is 12.1 Å². The number of nitrogens with two attached hydrogens (primary N) is 1. The van der Waals surface area contributed by atoms with Gasteiger partial charge < -0.3 is 10.7 Å². The van der Waals surface area contributed by atoms with Crippen LogP contribution in [-0.2, 0) is 4.79 Å². The Bertz CT molecular complexity index is 1230. The van der Waals surface area contributed by atoms with E-state index in [1.54, 1.807) is 36.8 Å². The highest BCUT2D eigenvalue weighted by atomic mass is 16.1. The van der Waals surface area contributed by atoms with Gasteiger partial charge in [0, 0.05) is 35.0 Å². The number of benzene rings is 1. The van der Waals surface area contributed by atoms with Crippen LogP contribution in [0.5, 0.6) is 0 Å². The number of nitriles is 1. The van der Waals surface area contributed by atoms with Crippen LogP contribution in [0.2, 0.25) is 0 Å². The van der Waals surface area contributed by atoms with Crippen molar-refractivity contribution in [1.82, 2.24) is 19.9 Å². The van der Waals surface area contributed by atoms with Gasteiger partial charge in [-0.15, -0.1) is 0 Å². The maximum absolute atomic E-state index is 11.0. The second-order valence-electron chi connectivity index (χ2n) is 5.68. The Morgan fingerprint density at radius 1 is 1.23 bits per heavy atom. The minimum atomic E-state index is -0.532. The Balaban J connectivity index is 1.83. The van der Waals surface area contributed by atoms with Gasteiger partial charge in [-0.25, -0.2) is 9.97 Å². The molecule has 4 aromatic rings. The van der Waals surface area contributed by atoms with Gasteiger partial charge in [0.15, 0.2) is 5.65 Å². The summed E-state index contributed by atoms with van der Waals surface area (Å²) in [5.74, 6) is -0.532. The van der Waals surface area contributed by atoms with Gasteiger partial charge in [0.2, 0.25) is 5.91 Å². The van der Waals surface area contributed by atoms with Crippen molar-refractivity contribution in [2.45, 2.75) is 0 Å². The minimum absolute atomic E-state index is 0.532. The first-order valence-corrected chi connectivity index (χ1v) is 7.76. The number of aromatic amines is 1. The maximum Gasteiger partial charge on any atom is 0.241 e. The first-order valence-electron chi connectivity index (χ1n) is 7.76. The molecule has 0 saturated carbocycles. The van der Waals surface area contributed by atoms with Crippen LogP contribution in [-0.4, -0.2) is 25.8 Å². The Labute approximate surface area is 147 Å². The number of aromatic nitrogens is 4. The molecular weight excluding hydrogens is 328 g/mol. The molecule has 3 heterocycles. The third kappa shape index (κ3) is 2.76. The van der Waals surface area contributed by atoms with E-state index >= 15 is 0 Å². The van der Waals surface area contributed by atoms with E-state index in [1.165, 1.54) is 6.08 Å². The number of hydrogen-bond donors (Lipinski definition) is 2. The summed E-state index contributed by atoms with van der Waals surface area (Å²) in [5.41, 5.74) is 9.90. The molecule has 0 aliphatic heterocycles. The van der Waals surface area contributed by atoms with E-state index in [2.05, 4.69) is 26.0 Å². The molecule has 4 rings (SSSR count). The molecule has 0 spiro atoms. The lowest BCUT2D eigenvalue weighted by Crippen LogP contribution is -2.05. The summed E-state index contributed by atoms with van der Waals surface area (Å²) in [7, 11) is 0. The normalized spacial score (nSPS) is 11.2. The van der Waals surface area contributed by atoms with Crippen molar-refractivity contribution in [2.24, 2.45) is 5.73 Å². The lowest BCUT2D eigenvalue weighted by Gasteiger charge is -2.03. The molecule has 26 heavy (non-hydrogen) atoms. The highest BCUT2D eigenvalue weighted by Gasteiger charge is 2.09. The second kappa shape index (κ2) is 6.11. The average molecular weight is 340 g/mol. The molecule has 3 aromatic heterocycles. The molecule has 7 nitrogen and oxygen atoms in total. The number of primary amides is 1. The molecule has 7 heteroatoms. The molecule has 124 valence electrons. The van der Waals surface area contributed by atoms with Gasteiger partial charge >= 0.3 is 0 Å². The molecule has 0 aliphatic carbocycles. The van der Waals surface area contributed by atoms with Crippen LogP contribution in [0, 0.1) is 11.3 Å². The van der Waals surface area contributed by atoms with Crippen molar-refractivity contribution in [3.05, 3.63) is 60.1 Å². The monoisotopic (exact) mass is 340 g/mol. The Kier molecular flexibility index (Phi) is 3.64. The quantitative estimate of drug-likeness (QED) is 0.555. The van der Waals surface area contributed by atoms with Gasteiger partial charge in [-0.1, -0.05) is 0 Å². The van der Waals surface area contributed by atoms with Crippen LogP contribution >= 0.6 is 0 Å². The summed E-state index contributed by atoms with van der Waals surface area (Å²) < 4.78 is 0. The van der Waals surface area contributed by atoms with Crippen molar-refractivity contribution in [1.29, 1.82) is 5.26 Å². The van der Waals surface area contributed by atoms with Crippen molar-refractivity contribution in [2.75, 3.05) is 0 Å². The number of H-pyrrole nitrogens is 1. The summed E-state index contributed by atoms with van der Waals surface area (Å²) in [6, 6.07) is 9.38. The summed E-state index contributed by atoms with van der Waals surface area (Å²) in [6.07, 6.45) is 7.95. The van der Waals surface area contributed by atoms with Gasteiger partial charge in [-0.2, -0.15) is 5.26 Å². The Morgan fingerprint density at radius 2 is 2.12 bits per heavy atom. The van der Waals surface area contributed by atoms with Crippen LogP contribution in [0.3, 0.4) is 0 Å². The summed E-state index contributed by atoms with van der Waals surface area (Å²) in [4.78, 5) is 27.4. The van der Waals surface area contributed by atoms with Gasteiger partial charge in [0.25, 0.3) is 0 Å². The lowest BCUT2D eigenvalue weighted by molar-refractivity contribution is -0.113. The third-order valence-corrected chi connectivity index (χ3v) is 3.94. The molecule has 0 bridgehead atoms. The molecule has 0 fully saturated rings. The summed E-state index contributed by atoms with van der Waals surface area (Å²) >= 11 is 0. The number of rotatable bonds is 3. The van der Waals surface area contributed by atoms with Crippen LogP contribution < -0.4 is 5.73 Å². The van der Waals surface area contributed by atoms with Gasteiger partial charge in [0.05, 0.1) is 29.0 Å². The number of amides is 1. The number of nitrogens with one attached hydrogen (secondary N) is 1. The van der Waals surface area contributed by atoms with E-state index in [4.69, 9.17) is 11.0 Å². The van der Waals surface area contributed by atoms with Crippen molar-refractivity contribution in [3.8, 4) is 17.3 Å². The van der Waals surface area contributed by atoms with E-state index in [9.17, 15) is 4.79 Å². The number of fused-ring (bicyclic) bond motifs is 2. The Morgan fingerprint density at radius 3 is 2.92 bits per heavy atom. The van der Waals surface area contributed by atoms with Gasteiger partial charge in [-0.05, 0) is 30.3 Å². The van der Waals surface area contributed by atoms with Gasteiger partial charge in [0.1, 0.15) is 5.52 Å². The van der Waals surface area contributed by atoms with Crippen molar-refractivity contribution < 1.29 is 4.79 Å². The van der Waals surface area contributed by atoms with Crippen LogP contribution in [0.1, 0.15) is 11.1 Å². The zero-order valence-corrected chi connectivity index (χ0v) is 13.5. The van der Waals surface area contributed by atoms with Crippen molar-refractivity contribution in [3.63, 3.8) is 0 Å². The first-order chi connectivity index (χ1) is 12.6. The van der Waals surface area contributed by atoms with E-state index in [-0.39, 0.29) is 0 Å². The van der Waals surface area contributed by atoms with Crippen LogP contribution in [0.4, 0.5) is 0 Å². The topological polar surface area (TPSA) is 121 Å². The molecule has 3 N–H and O–H groups in total. The molecule has 0 aliphatic rings. The number of pyridine rings is 1. The number of hydrogen-bond acceptors (Lipinski definition) is 5. The van der Waals surface area contributed by atoms with E-state index in [0.29, 0.717) is 28.0 Å². The molecule has 0 unspecified atom stereocenters. The fraction of sp³-hybridized carbons (Fsp3) is 0. The largest absolute Gasteiger partial charge is 0.366 e. The predicted molar refractivity (Wildman–Crippen MR) is 97.6 cm³/mol. The SMILES string of the molecule is N#Cc1ccc2ncc(-c3cnc4[nH]cc(/C=C/C(N)=O)c4n3)cc2c1. The molecule has 0 saturated heterocycles. The maximum atomic E-state index is 11.0. The average Bonchev–Trinajstić information content (AvgIpc) is 3.07. The number of carbonyl (C=O) groups is 1. The van der Waals surface area contributed by atoms with E-state index < -0.39 is 5.91 Å². The molecule has 1 aromatic carbocycles. The minimum Gasteiger partial charge on any atom is -0.366 e. The number of carbonyl (C=O) groups excluding carboxylic acids is 1. The van der Waals surface area contributed by atoms with Gasteiger partial charge in [-0.3, -0.25) is 9.78 Å². The van der Waals surface area contributed by atoms with Crippen LogP contribution in [0.25, 0.3) is 39.4 Å². The lowest BCUT2D eigenvalue weighted by atomic mass is 10.1. The number of nitrogens with zero attached hydrogens (tertiary/aromatic N) is 4. The third-order valence-electron chi connectivity index (χ3n) is 3.94. The fourth-order valence-corrected chi connectivity index (χ4v) is 2.69. The van der Waals surface area contributed by atoms with Crippen LogP contribution in [0.15, 0.2) is 48.9 Å². The zero-order chi connectivity index (χ0) is 18.1. The second-order valence-corrected chi connectivity index (χ2v) is 5.68. The molecule has 1 amide bonds. The van der Waals surface area contributed by atoms with E-state index in [0.717, 1.165) is 16.5 Å². The highest BCUT2D eigenvalue weighted by Crippen LogP contribution is 2.24. The molecule has 0 radical (unpaired) electrons. The fourth-order valence-electron chi connectivity index (χ4n) is 2.69. The summed E-state index contributed by atoms with van der Waals surface area (Å²) in [5, 5.41) is 9.92. The predicted octanol–water partition coefficient (Wildman–Crippen LogP) is 2.54. The molecular formula is C19H12N6O. The first kappa shape index (κ1) is 15.5. The Hall–Kier alpha value is -4.05. The zero-order valence-electron chi connectivity index (χ0n) is 13.5.